The van der Waals surface area contributed by atoms with Gasteiger partial charge in [0.15, 0.2) is 0 Å². The maximum atomic E-state index is 12.2. The standard InChI is InChI=1S/C17H18INO/c1-3-13-7-9-14(10-8-13)12(2)19-17(20)15-5-4-6-16(18)11-15/h4-12H,3H2,1-2H3,(H,19,20)/t12-/m1/s1. The van der Waals surface area contributed by atoms with Crippen molar-refractivity contribution in [1.82, 2.24) is 5.32 Å². The number of benzene rings is 2. The molecular formula is C17H18INO. The Morgan fingerprint density at radius 3 is 2.50 bits per heavy atom. The van der Waals surface area contributed by atoms with Crippen LogP contribution < -0.4 is 5.32 Å². The molecule has 0 aromatic heterocycles. The van der Waals surface area contributed by atoms with Crippen molar-refractivity contribution in [2.45, 2.75) is 26.3 Å². The minimum atomic E-state index is -0.0319. The third kappa shape index (κ3) is 3.82. The van der Waals surface area contributed by atoms with E-state index in [1.807, 2.05) is 31.2 Å². The minimum Gasteiger partial charge on any atom is -0.346 e. The van der Waals surface area contributed by atoms with Gasteiger partial charge in [0.25, 0.3) is 5.91 Å². The SMILES string of the molecule is CCc1ccc([C@@H](C)NC(=O)c2cccc(I)c2)cc1. The van der Waals surface area contributed by atoms with Gasteiger partial charge in [-0.05, 0) is 65.3 Å². The number of halogens is 1. The van der Waals surface area contributed by atoms with Gasteiger partial charge in [-0.1, -0.05) is 37.3 Å². The smallest absolute Gasteiger partial charge is 0.251 e. The molecule has 2 rings (SSSR count). The molecule has 1 amide bonds. The Morgan fingerprint density at radius 1 is 1.20 bits per heavy atom. The maximum absolute atomic E-state index is 12.2. The normalized spacial score (nSPS) is 11.9. The number of carbonyl (C=O) groups excluding carboxylic acids is 1. The van der Waals surface area contributed by atoms with Crippen LogP contribution in [0.1, 0.15) is 41.4 Å². The van der Waals surface area contributed by atoms with Gasteiger partial charge in [-0.2, -0.15) is 0 Å². The van der Waals surface area contributed by atoms with E-state index in [9.17, 15) is 4.79 Å². The van der Waals surface area contributed by atoms with E-state index in [0.717, 1.165) is 15.6 Å². The molecular weight excluding hydrogens is 361 g/mol. The van der Waals surface area contributed by atoms with Gasteiger partial charge in [0.05, 0.1) is 6.04 Å². The van der Waals surface area contributed by atoms with E-state index in [1.165, 1.54) is 5.56 Å². The van der Waals surface area contributed by atoms with Crippen LogP contribution in [0.4, 0.5) is 0 Å². The molecule has 0 fully saturated rings. The molecule has 0 saturated carbocycles. The molecule has 0 unspecified atom stereocenters. The summed E-state index contributed by atoms with van der Waals surface area (Å²) in [7, 11) is 0. The molecule has 0 heterocycles. The largest absolute Gasteiger partial charge is 0.346 e. The topological polar surface area (TPSA) is 29.1 Å². The Labute approximate surface area is 133 Å². The van der Waals surface area contributed by atoms with Crippen LogP contribution in [-0.2, 0) is 6.42 Å². The minimum absolute atomic E-state index is 0.00581. The Hall–Kier alpha value is -1.36. The molecule has 2 nitrogen and oxygen atoms in total. The van der Waals surface area contributed by atoms with Crippen LogP contribution in [0.3, 0.4) is 0 Å². The van der Waals surface area contributed by atoms with Gasteiger partial charge >= 0.3 is 0 Å². The van der Waals surface area contributed by atoms with E-state index in [0.29, 0.717) is 5.56 Å². The number of amides is 1. The van der Waals surface area contributed by atoms with Gasteiger partial charge in [-0.15, -0.1) is 0 Å². The van der Waals surface area contributed by atoms with Crippen molar-refractivity contribution < 1.29 is 4.79 Å². The average molecular weight is 379 g/mol. The summed E-state index contributed by atoms with van der Waals surface area (Å²) in [6, 6.07) is 16.0. The molecule has 20 heavy (non-hydrogen) atoms. The third-order valence-electron chi connectivity index (χ3n) is 3.32. The quantitative estimate of drug-likeness (QED) is 0.787. The Morgan fingerprint density at radius 2 is 1.90 bits per heavy atom. The van der Waals surface area contributed by atoms with Gasteiger partial charge in [-0.25, -0.2) is 0 Å². The van der Waals surface area contributed by atoms with Gasteiger partial charge in [0.1, 0.15) is 0 Å². The van der Waals surface area contributed by atoms with Gasteiger partial charge in [0, 0.05) is 9.13 Å². The number of carbonyl (C=O) groups is 1. The summed E-state index contributed by atoms with van der Waals surface area (Å²) in [5.41, 5.74) is 3.14. The predicted octanol–water partition coefficient (Wildman–Crippen LogP) is 4.34. The molecule has 2 aromatic rings. The molecule has 0 radical (unpaired) electrons. The fourth-order valence-corrected chi connectivity index (χ4v) is 2.58. The molecule has 3 heteroatoms. The summed E-state index contributed by atoms with van der Waals surface area (Å²) < 4.78 is 1.07. The first-order valence-electron chi connectivity index (χ1n) is 6.75. The van der Waals surface area contributed by atoms with Crippen LogP contribution in [0.15, 0.2) is 48.5 Å². The zero-order chi connectivity index (χ0) is 14.5. The molecule has 0 spiro atoms. The van der Waals surface area contributed by atoms with Crippen LogP contribution >= 0.6 is 22.6 Å². The summed E-state index contributed by atoms with van der Waals surface area (Å²) in [5, 5.41) is 3.03. The van der Waals surface area contributed by atoms with Crippen molar-refractivity contribution in [1.29, 1.82) is 0 Å². The van der Waals surface area contributed by atoms with Crippen molar-refractivity contribution in [2.24, 2.45) is 0 Å². The number of aryl methyl sites for hydroxylation is 1. The lowest BCUT2D eigenvalue weighted by molar-refractivity contribution is 0.0940. The maximum Gasteiger partial charge on any atom is 0.251 e. The zero-order valence-corrected chi connectivity index (χ0v) is 13.8. The molecule has 0 bridgehead atoms. The van der Waals surface area contributed by atoms with Crippen LogP contribution in [0.25, 0.3) is 0 Å². The molecule has 0 saturated heterocycles. The van der Waals surface area contributed by atoms with Crippen LogP contribution in [-0.4, -0.2) is 5.91 Å². The second-order valence-electron chi connectivity index (χ2n) is 4.80. The Bertz CT molecular complexity index is 592. The van der Waals surface area contributed by atoms with Crippen molar-refractivity contribution in [2.75, 3.05) is 0 Å². The highest BCUT2D eigenvalue weighted by Crippen LogP contribution is 2.15. The first-order valence-corrected chi connectivity index (χ1v) is 7.83. The average Bonchev–Trinajstić information content (AvgIpc) is 2.47. The Balaban J connectivity index is 2.06. The molecule has 0 aliphatic heterocycles. The lowest BCUT2D eigenvalue weighted by Crippen LogP contribution is -2.26. The highest BCUT2D eigenvalue weighted by molar-refractivity contribution is 14.1. The lowest BCUT2D eigenvalue weighted by Gasteiger charge is -2.15. The van der Waals surface area contributed by atoms with E-state index in [-0.39, 0.29) is 11.9 Å². The van der Waals surface area contributed by atoms with E-state index >= 15 is 0 Å². The number of rotatable bonds is 4. The van der Waals surface area contributed by atoms with Crippen LogP contribution in [0.5, 0.6) is 0 Å². The van der Waals surface area contributed by atoms with E-state index in [4.69, 9.17) is 0 Å². The second kappa shape index (κ2) is 6.88. The van der Waals surface area contributed by atoms with E-state index in [1.54, 1.807) is 0 Å². The van der Waals surface area contributed by atoms with E-state index < -0.39 is 0 Å². The lowest BCUT2D eigenvalue weighted by atomic mass is 10.0. The van der Waals surface area contributed by atoms with Crippen molar-refractivity contribution in [3.05, 3.63) is 68.8 Å². The second-order valence-corrected chi connectivity index (χ2v) is 6.05. The van der Waals surface area contributed by atoms with Gasteiger partial charge in [-0.3, -0.25) is 4.79 Å². The number of nitrogens with one attached hydrogen (secondary N) is 1. The van der Waals surface area contributed by atoms with Gasteiger partial charge < -0.3 is 5.32 Å². The number of hydrogen-bond donors (Lipinski definition) is 1. The first kappa shape index (κ1) is 15.0. The Kier molecular flexibility index (Phi) is 5.17. The van der Waals surface area contributed by atoms with Gasteiger partial charge in [0.2, 0.25) is 0 Å². The predicted molar refractivity (Wildman–Crippen MR) is 90.9 cm³/mol. The molecule has 0 aliphatic rings. The fraction of sp³-hybridized carbons (Fsp3) is 0.235. The van der Waals surface area contributed by atoms with Crippen LogP contribution in [0, 0.1) is 3.57 Å². The highest BCUT2D eigenvalue weighted by Gasteiger charge is 2.11. The molecule has 0 aliphatic carbocycles. The summed E-state index contributed by atoms with van der Waals surface area (Å²) in [6.45, 7) is 4.14. The first-order chi connectivity index (χ1) is 9.60. The highest BCUT2D eigenvalue weighted by atomic mass is 127. The summed E-state index contributed by atoms with van der Waals surface area (Å²) in [4.78, 5) is 12.2. The summed E-state index contributed by atoms with van der Waals surface area (Å²) in [6.07, 6.45) is 1.03. The zero-order valence-electron chi connectivity index (χ0n) is 11.7. The number of hydrogen-bond acceptors (Lipinski definition) is 1. The van der Waals surface area contributed by atoms with Crippen molar-refractivity contribution in [3.8, 4) is 0 Å². The summed E-state index contributed by atoms with van der Waals surface area (Å²) in [5.74, 6) is -0.0319. The monoisotopic (exact) mass is 379 g/mol. The van der Waals surface area contributed by atoms with E-state index in [2.05, 4.69) is 59.1 Å². The van der Waals surface area contributed by atoms with Crippen LogP contribution in [0.2, 0.25) is 0 Å². The third-order valence-corrected chi connectivity index (χ3v) is 3.99. The molecule has 2 aromatic carbocycles. The van der Waals surface area contributed by atoms with Crippen molar-refractivity contribution in [3.63, 3.8) is 0 Å². The summed E-state index contributed by atoms with van der Waals surface area (Å²) >= 11 is 2.21. The molecule has 1 atom stereocenters. The molecule has 1 N–H and O–H groups in total. The molecule has 104 valence electrons. The van der Waals surface area contributed by atoms with Crippen molar-refractivity contribution >= 4 is 28.5 Å². The fourth-order valence-electron chi connectivity index (χ4n) is 2.04.